The summed E-state index contributed by atoms with van der Waals surface area (Å²) in [7, 11) is 1.48. The van der Waals surface area contributed by atoms with Gasteiger partial charge in [-0.1, -0.05) is 32.1 Å². The molecule has 0 spiro atoms. The molecule has 0 radical (unpaired) electrons. The summed E-state index contributed by atoms with van der Waals surface area (Å²) in [5.74, 6) is 0.367. The van der Waals surface area contributed by atoms with Crippen molar-refractivity contribution in [2.75, 3.05) is 38.8 Å². The zero-order valence-corrected chi connectivity index (χ0v) is 20.6. The van der Waals surface area contributed by atoms with E-state index in [0.717, 1.165) is 24.0 Å². The third-order valence-corrected chi connectivity index (χ3v) is 5.65. The standard InChI is InChI=1S/C26H32N4O6/c1-4-6-10-35-24-13-22(29-26(33)36-9-5-2)21(12-23(24)34-3)25(32)30-8-7-18(11-20(30)16-31)19-14-27-17-28-15-19/h5,11-15,17,20,31H,2,4,6-10,16H2,1,3H3,(H,29,33)/t20-/m0/s1. The number of carbonyl (C=O) groups is 2. The van der Waals surface area contributed by atoms with Crippen LogP contribution in [0.2, 0.25) is 0 Å². The van der Waals surface area contributed by atoms with Crippen molar-refractivity contribution in [1.29, 1.82) is 0 Å². The number of unbranched alkanes of at least 4 members (excludes halogenated alkanes) is 1. The lowest BCUT2D eigenvalue weighted by molar-refractivity contribution is 0.0648. The lowest BCUT2D eigenvalue weighted by Crippen LogP contribution is -2.44. The highest BCUT2D eigenvalue weighted by molar-refractivity contribution is 6.04. The maximum Gasteiger partial charge on any atom is 0.411 e. The van der Waals surface area contributed by atoms with Gasteiger partial charge in [-0.25, -0.2) is 14.8 Å². The van der Waals surface area contributed by atoms with Gasteiger partial charge >= 0.3 is 6.09 Å². The predicted octanol–water partition coefficient (Wildman–Crippen LogP) is 3.69. The van der Waals surface area contributed by atoms with E-state index in [1.165, 1.54) is 25.6 Å². The van der Waals surface area contributed by atoms with Crippen molar-refractivity contribution in [1.82, 2.24) is 14.9 Å². The number of hydrogen-bond acceptors (Lipinski definition) is 8. The number of hydrogen-bond donors (Lipinski definition) is 2. The van der Waals surface area contributed by atoms with Crippen molar-refractivity contribution in [3.63, 3.8) is 0 Å². The Bertz CT molecular complexity index is 1090. The second kappa shape index (κ2) is 13.2. The Hall–Kier alpha value is -3.92. The molecule has 0 aliphatic carbocycles. The summed E-state index contributed by atoms with van der Waals surface area (Å²) >= 11 is 0. The molecular weight excluding hydrogens is 464 g/mol. The molecule has 1 aromatic heterocycles. The number of nitrogens with one attached hydrogen (secondary N) is 1. The molecule has 36 heavy (non-hydrogen) atoms. The van der Waals surface area contributed by atoms with E-state index in [1.54, 1.807) is 23.4 Å². The molecule has 2 aromatic rings. The van der Waals surface area contributed by atoms with Gasteiger partial charge in [0.15, 0.2) is 11.5 Å². The van der Waals surface area contributed by atoms with Crippen molar-refractivity contribution in [2.45, 2.75) is 32.2 Å². The number of amides is 2. The van der Waals surface area contributed by atoms with Crippen LogP contribution in [0, 0.1) is 0 Å². The second-order valence-corrected chi connectivity index (χ2v) is 8.08. The molecule has 192 valence electrons. The first-order valence-electron chi connectivity index (χ1n) is 11.8. The van der Waals surface area contributed by atoms with Gasteiger partial charge in [0.25, 0.3) is 5.91 Å². The Balaban J connectivity index is 1.95. The van der Waals surface area contributed by atoms with Crippen LogP contribution < -0.4 is 14.8 Å². The smallest absolute Gasteiger partial charge is 0.411 e. The van der Waals surface area contributed by atoms with E-state index in [0.29, 0.717) is 31.1 Å². The Labute approximate surface area is 210 Å². The number of ether oxygens (including phenoxy) is 3. The van der Waals surface area contributed by atoms with Gasteiger partial charge < -0.3 is 24.2 Å². The Morgan fingerprint density at radius 2 is 2.06 bits per heavy atom. The van der Waals surface area contributed by atoms with Gasteiger partial charge in [-0.15, -0.1) is 0 Å². The van der Waals surface area contributed by atoms with E-state index in [4.69, 9.17) is 14.2 Å². The molecule has 2 heterocycles. The van der Waals surface area contributed by atoms with Gasteiger partial charge in [0.1, 0.15) is 12.9 Å². The van der Waals surface area contributed by atoms with Crippen LogP contribution in [-0.4, -0.2) is 71.5 Å². The summed E-state index contributed by atoms with van der Waals surface area (Å²) < 4.78 is 16.4. The van der Waals surface area contributed by atoms with Crippen molar-refractivity contribution >= 4 is 23.3 Å². The molecule has 0 saturated carbocycles. The van der Waals surface area contributed by atoms with E-state index in [1.807, 2.05) is 13.0 Å². The zero-order valence-electron chi connectivity index (χ0n) is 20.6. The van der Waals surface area contributed by atoms with Gasteiger partial charge in [0.2, 0.25) is 0 Å². The van der Waals surface area contributed by atoms with Crippen LogP contribution in [-0.2, 0) is 4.74 Å². The van der Waals surface area contributed by atoms with Crippen LogP contribution in [0.15, 0.2) is 49.6 Å². The number of nitrogens with zero attached hydrogens (tertiary/aromatic N) is 3. The fourth-order valence-electron chi connectivity index (χ4n) is 3.80. The van der Waals surface area contributed by atoms with Crippen molar-refractivity contribution in [2.24, 2.45) is 0 Å². The molecule has 1 atom stereocenters. The number of aliphatic hydroxyl groups is 1. The summed E-state index contributed by atoms with van der Waals surface area (Å²) in [6, 6.07) is 2.51. The second-order valence-electron chi connectivity index (χ2n) is 8.08. The van der Waals surface area contributed by atoms with Crippen molar-refractivity contribution in [3.8, 4) is 11.5 Å². The van der Waals surface area contributed by atoms with Gasteiger partial charge in [-0.3, -0.25) is 10.1 Å². The van der Waals surface area contributed by atoms with Crippen molar-refractivity contribution < 1.29 is 28.9 Å². The highest BCUT2D eigenvalue weighted by atomic mass is 16.5. The quantitative estimate of drug-likeness (QED) is 0.357. The highest BCUT2D eigenvalue weighted by Gasteiger charge is 2.30. The van der Waals surface area contributed by atoms with Crippen LogP contribution in [0.5, 0.6) is 11.5 Å². The van der Waals surface area contributed by atoms with E-state index >= 15 is 0 Å². The van der Waals surface area contributed by atoms with Gasteiger partial charge in [0, 0.05) is 30.6 Å². The van der Waals surface area contributed by atoms with Crippen LogP contribution in [0.4, 0.5) is 10.5 Å². The lowest BCUT2D eigenvalue weighted by atomic mass is 9.97. The molecular formula is C26H32N4O6. The molecule has 3 rings (SSSR count). The van der Waals surface area contributed by atoms with E-state index in [9.17, 15) is 14.7 Å². The number of aliphatic hydroxyl groups excluding tert-OH is 1. The molecule has 0 bridgehead atoms. The molecule has 2 amide bonds. The fourth-order valence-corrected chi connectivity index (χ4v) is 3.80. The van der Waals surface area contributed by atoms with E-state index in [2.05, 4.69) is 21.9 Å². The predicted molar refractivity (Wildman–Crippen MR) is 135 cm³/mol. The lowest BCUT2D eigenvalue weighted by Gasteiger charge is -2.34. The van der Waals surface area contributed by atoms with E-state index in [-0.39, 0.29) is 30.4 Å². The monoisotopic (exact) mass is 496 g/mol. The molecule has 0 saturated heterocycles. The van der Waals surface area contributed by atoms with Crippen LogP contribution in [0.25, 0.3) is 5.57 Å². The minimum absolute atomic E-state index is 0.0145. The molecule has 2 N–H and O–H groups in total. The average Bonchev–Trinajstić information content (AvgIpc) is 2.92. The molecule has 10 heteroatoms. The van der Waals surface area contributed by atoms with Crippen molar-refractivity contribution in [3.05, 3.63) is 60.7 Å². The normalized spacial score (nSPS) is 15.0. The topological polar surface area (TPSA) is 123 Å². The summed E-state index contributed by atoms with van der Waals surface area (Å²) in [6.45, 7) is 6.12. The minimum atomic E-state index is -0.739. The first-order chi connectivity index (χ1) is 17.5. The average molecular weight is 497 g/mol. The Kier molecular flexibility index (Phi) is 9.82. The van der Waals surface area contributed by atoms with Gasteiger partial charge in [-0.2, -0.15) is 0 Å². The summed E-state index contributed by atoms with van der Waals surface area (Å²) in [5.41, 5.74) is 2.18. The number of rotatable bonds is 11. The number of anilines is 1. The molecule has 1 aliphatic heterocycles. The van der Waals surface area contributed by atoms with E-state index < -0.39 is 12.1 Å². The van der Waals surface area contributed by atoms with Crippen LogP contribution in [0.3, 0.4) is 0 Å². The number of benzene rings is 1. The molecule has 0 fully saturated rings. The molecule has 10 nitrogen and oxygen atoms in total. The van der Waals surface area contributed by atoms with Crippen LogP contribution in [0.1, 0.15) is 42.1 Å². The summed E-state index contributed by atoms with van der Waals surface area (Å²) in [4.78, 5) is 35.7. The number of methoxy groups -OCH3 is 1. The van der Waals surface area contributed by atoms with Gasteiger partial charge in [0.05, 0.1) is 37.6 Å². The summed E-state index contributed by atoms with van der Waals surface area (Å²) in [5, 5.41) is 12.7. The third kappa shape index (κ3) is 6.60. The minimum Gasteiger partial charge on any atom is -0.493 e. The maximum absolute atomic E-state index is 13.7. The molecule has 0 unspecified atom stereocenters. The molecule has 1 aliphatic rings. The number of carbonyl (C=O) groups excluding carboxylic acids is 2. The largest absolute Gasteiger partial charge is 0.493 e. The fraction of sp³-hybridized carbons (Fsp3) is 0.385. The summed E-state index contributed by atoms with van der Waals surface area (Å²) in [6.07, 6.45) is 9.72. The molecule has 1 aromatic carbocycles. The Morgan fingerprint density at radius 3 is 2.72 bits per heavy atom. The SMILES string of the molecule is C=CCOC(=O)Nc1cc(OCCCC)c(OC)cc1C(=O)N1CCC(c2cncnc2)=C[C@H]1CO. The van der Waals surface area contributed by atoms with Gasteiger partial charge in [-0.05, 0) is 24.5 Å². The third-order valence-electron chi connectivity index (χ3n) is 5.65. The first kappa shape index (κ1) is 26.7. The zero-order chi connectivity index (χ0) is 25.9. The Morgan fingerprint density at radius 1 is 1.28 bits per heavy atom. The maximum atomic E-state index is 13.7. The number of aromatic nitrogens is 2. The van der Waals surface area contributed by atoms with Crippen LogP contribution >= 0.6 is 0 Å². The first-order valence-corrected chi connectivity index (χ1v) is 11.8. The highest BCUT2D eigenvalue weighted by Crippen LogP contribution is 2.36.